The molecule has 1 atom stereocenters. The molecule has 4 nitrogen and oxygen atoms in total. The Morgan fingerprint density at radius 2 is 2.40 bits per heavy atom. The van der Waals surface area contributed by atoms with Crippen molar-refractivity contribution in [1.82, 2.24) is 5.32 Å². The minimum absolute atomic E-state index is 0.00438. The van der Waals surface area contributed by atoms with Crippen LogP contribution in [0.1, 0.15) is 32.6 Å². The van der Waals surface area contributed by atoms with E-state index in [2.05, 4.69) is 5.32 Å². The van der Waals surface area contributed by atoms with Crippen molar-refractivity contribution in [3.8, 4) is 0 Å². The smallest absolute Gasteiger partial charge is 0.308 e. The molecule has 1 saturated carbocycles. The molecule has 1 unspecified atom stereocenters. The van der Waals surface area contributed by atoms with Crippen molar-refractivity contribution < 1.29 is 14.3 Å². The van der Waals surface area contributed by atoms with E-state index in [0.29, 0.717) is 13.0 Å². The van der Waals surface area contributed by atoms with Crippen LogP contribution in [0, 0.1) is 0 Å². The van der Waals surface area contributed by atoms with Crippen LogP contribution in [-0.4, -0.2) is 37.4 Å². The third-order valence-corrected chi connectivity index (χ3v) is 3.31. The lowest BCUT2D eigenvalue weighted by molar-refractivity contribution is -0.149. The van der Waals surface area contributed by atoms with Crippen LogP contribution in [0.5, 0.6) is 0 Å². The van der Waals surface area contributed by atoms with Crippen molar-refractivity contribution in [2.75, 3.05) is 19.8 Å². The van der Waals surface area contributed by atoms with Gasteiger partial charge in [0.15, 0.2) is 0 Å². The van der Waals surface area contributed by atoms with Gasteiger partial charge in [-0.05, 0) is 26.2 Å². The molecule has 0 aromatic carbocycles. The second-order valence-electron chi connectivity index (χ2n) is 4.46. The molecule has 0 aromatic heterocycles. The zero-order chi connectivity index (χ0) is 10.7. The number of morpholine rings is 1. The summed E-state index contributed by atoms with van der Waals surface area (Å²) < 4.78 is 10.6. The predicted octanol–water partition coefficient (Wildman–Crippen LogP) is 0.851. The second-order valence-corrected chi connectivity index (χ2v) is 4.46. The van der Waals surface area contributed by atoms with Gasteiger partial charge in [-0.15, -0.1) is 0 Å². The van der Waals surface area contributed by atoms with Crippen LogP contribution in [0.4, 0.5) is 0 Å². The molecule has 2 rings (SSSR count). The molecule has 86 valence electrons. The monoisotopic (exact) mass is 213 g/mol. The number of ether oxygens (including phenoxy) is 2. The quantitative estimate of drug-likeness (QED) is 0.706. The van der Waals surface area contributed by atoms with E-state index in [1.54, 1.807) is 0 Å². The Morgan fingerprint density at radius 1 is 1.60 bits per heavy atom. The van der Waals surface area contributed by atoms with Crippen LogP contribution in [-0.2, 0) is 14.3 Å². The summed E-state index contributed by atoms with van der Waals surface area (Å²) in [7, 11) is 0. The molecule has 1 spiro atoms. The fourth-order valence-electron chi connectivity index (χ4n) is 2.18. The highest BCUT2D eigenvalue weighted by Crippen LogP contribution is 2.34. The number of carbonyl (C=O) groups is 1. The zero-order valence-electron chi connectivity index (χ0n) is 9.25. The maximum atomic E-state index is 11.2. The lowest BCUT2D eigenvalue weighted by Gasteiger charge is -2.47. The SMILES string of the molecule is CCOC(=O)CC1CNC2(CCC2)CO1. The van der Waals surface area contributed by atoms with Crippen molar-refractivity contribution in [3.05, 3.63) is 0 Å². The zero-order valence-corrected chi connectivity index (χ0v) is 9.25. The van der Waals surface area contributed by atoms with Gasteiger partial charge in [0.2, 0.25) is 0 Å². The molecular formula is C11H19NO3. The lowest BCUT2D eigenvalue weighted by Crippen LogP contribution is -2.61. The molecule has 1 heterocycles. The Kier molecular flexibility index (Phi) is 3.26. The fraction of sp³-hybridized carbons (Fsp3) is 0.909. The van der Waals surface area contributed by atoms with Gasteiger partial charge >= 0.3 is 5.97 Å². The van der Waals surface area contributed by atoms with Gasteiger partial charge in [0.25, 0.3) is 0 Å². The summed E-state index contributed by atoms with van der Waals surface area (Å²) in [6.45, 7) is 3.79. The van der Waals surface area contributed by atoms with E-state index >= 15 is 0 Å². The summed E-state index contributed by atoms with van der Waals surface area (Å²) in [4.78, 5) is 11.2. The van der Waals surface area contributed by atoms with Crippen molar-refractivity contribution in [3.63, 3.8) is 0 Å². The van der Waals surface area contributed by atoms with E-state index in [1.807, 2.05) is 6.92 Å². The van der Waals surface area contributed by atoms with E-state index in [9.17, 15) is 4.79 Å². The van der Waals surface area contributed by atoms with E-state index in [1.165, 1.54) is 19.3 Å². The van der Waals surface area contributed by atoms with Gasteiger partial charge < -0.3 is 14.8 Å². The normalized spacial score (nSPS) is 28.5. The van der Waals surface area contributed by atoms with E-state index in [4.69, 9.17) is 9.47 Å². The number of esters is 1. The Balaban J connectivity index is 1.71. The summed E-state index contributed by atoms with van der Waals surface area (Å²) in [5.41, 5.74) is 0.241. The van der Waals surface area contributed by atoms with Crippen molar-refractivity contribution in [2.45, 2.75) is 44.2 Å². The number of hydrogen-bond acceptors (Lipinski definition) is 4. The summed E-state index contributed by atoms with van der Waals surface area (Å²) in [5, 5.41) is 3.50. The minimum atomic E-state index is -0.158. The number of rotatable bonds is 3. The van der Waals surface area contributed by atoms with Gasteiger partial charge in [-0.25, -0.2) is 0 Å². The first-order valence-corrected chi connectivity index (χ1v) is 5.76. The minimum Gasteiger partial charge on any atom is -0.466 e. The molecule has 1 aliphatic carbocycles. The first-order valence-electron chi connectivity index (χ1n) is 5.76. The third kappa shape index (κ3) is 2.49. The molecule has 0 aromatic rings. The van der Waals surface area contributed by atoms with Gasteiger partial charge in [0.05, 0.1) is 25.7 Å². The van der Waals surface area contributed by atoms with E-state index in [-0.39, 0.29) is 17.6 Å². The molecule has 2 fully saturated rings. The summed E-state index contributed by atoms with van der Waals surface area (Å²) >= 11 is 0. The molecular weight excluding hydrogens is 194 g/mol. The van der Waals surface area contributed by atoms with Crippen LogP contribution in [0.15, 0.2) is 0 Å². The maximum Gasteiger partial charge on any atom is 0.308 e. The lowest BCUT2D eigenvalue weighted by atomic mass is 9.76. The summed E-state index contributed by atoms with van der Waals surface area (Å²) in [6.07, 6.45) is 4.07. The largest absolute Gasteiger partial charge is 0.466 e. The van der Waals surface area contributed by atoms with Crippen molar-refractivity contribution in [1.29, 1.82) is 0 Å². The standard InChI is InChI=1S/C11H19NO3/c1-2-14-10(13)6-9-7-12-11(8-15-9)4-3-5-11/h9,12H,2-8H2,1H3. The van der Waals surface area contributed by atoms with Gasteiger partial charge in [0.1, 0.15) is 0 Å². The average Bonchev–Trinajstić information content (AvgIpc) is 2.17. The van der Waals surface area contributed by atoms with Crippen LogP contribution in [0.2, 0.25) is 0 Å². The van der Waals surface area contributed by atoms with Crippen molar-refractivity contribution in [2.24, 2.45) is 0 Å². The molecule has 1 N–H and O–H groups in total. The van der Waals surface area contributed by atoms with Crippen molar-refractivity contribution >= 4 is 5.97 Å². The number of hydrogen-bond donors (Lipinski definition) is 1. The Morgan fingerprint density at radius 3 is 2.87 bits per heavy atom. The highest BCUT2D eigenvalue weighted by Gasteiger charge is 2.40. The second kappa shape index (κ2) is 4.49. The van der Waals surface area contributed by atoms with E-state index in [0.717, 1.165) is 13.2 Å². The Hall–Kier alpha value is -0.610. The van der Waals surface area contributed by atoms with E-state index < -0.39 is 0 Å². The summed E-state index contributed by atoms with van der Waals surface area (Å²) in [5.74, 6) is -0.158. The molecule has 0 bridgehead atoms. The van der Waals surface area contributed by atoms with Gasteiger partial charge in [0, 0.05) is 12.1 Å². The van der Waals surface area contributed by atoms with Crippen LogP contribution in [0.25, 0.3) is 0 Å². The maximum absolute atomic E-state index is 11.2. The Labute approximate surface area is 90.3 Å². The third-order valence-electron chi connectivity index (χ3n) is 3.31. The highest BCUT2D eigenvalue weighted by molar-refractivity contribution is 5.70. The first kappa shape index (κ1) is 10.9. The van der Waals surface area contributed by atoms with Gasteiger partial charge in [-0.2, -0.15) is 0 Å². The highest BCUT2D eigenvalue weighted by atomic mass is 16.5. The number of carbonyl (C=O) groups excluding carboxylic acids is 1. The number of nitrogens with one attached hydrogen (secondary N) is 1. The first-order chi connectivity index (χ1) is 7.24. The average molecular weight is 213 g/mol. The topological polar surface area (TPSA) is 47.6 Å². The molecule has 1 aliphatic heterocycles. The molecule has 15 heavy (non-hydrogen) atoms. The van der Waals surface area contributed by atoms with Crippen LogP contribution in [0.3, 0.4) is 0 Å². The molecule has 1 saturated heterocycles. The van der Waals surface area contributed by atoms with Crippen LogP contribution >= 0.6 is 0 Å². The van der Waals surface area contributed by atoms with Gasteiger partial charge in [-0.1, -0.05) is 0 Å². The Bertz CT molecular complexity index is 228. The summed E-state index contributed by atoms with van der Waals surface area (Å²) in [6, 6.07) is 0. The molecule has 0 amide bonds. The molecule has 4 heteroatoms. The van der Waals surface area contributed by atoms with Gasteiger partial charge in [-0.3, -0.25) is 4.79 Å². The predicted molar refractivity (Wildman–Crippen MR) is 55.6 cm³/mol. The molecule has 0 radical (unpaired) electrons. The fourth-order valence-corrected chi connectivity index (χ4v) is 2.18. The van der Waals surface area contributed by atoms with Crippen LogP contribution < -0.4 is 5.32 Å². The molecule has 2 aliphatic rings.